The molecule has 2 aromatic rings. The first-order valence-electron chi connectivity index (χ1n) is 4.95. The summed E-state index contributed by atoms with van der Waals surface area (Å²) >= 11 is 23.2. The molecule has 2 rings (SSSR count). The average molecular weight is 387 g/mol. The van der Waals surface area contributed by atoms with Crippen molar-refractivity contribution in [2.24, 2.45) is 0 Å². The number of hydrogen-bond acceptors (Lipinski definition) is 2. The van der Waals surface area contributed by atoms with Crippen LogP contribution < -0.4 is 4.74 Å². The van der Waals surface area contributed by atoms with Crippen LogP contribution in [0.25, 0.3) is 0 Å². The van der Waals surface area contributed by atoms with Crippen LogP contribution in [-0.2, 0) is 0 Å². The molecule has 0 radical (unpaired) electrons. The maximum atomic E-state index is 6.45. The molecule has 0 N–H and O–H groups in total. The lowest BCUT2D eigenvalue weighted by atomic mass is 10.1. The summed E-state index contributed by atoms with van der Waals surface area (Å²) in [6.07, 6.45) is 0. The number of halogens is 4. The molecule has 0 aliphatic heterocycles. The zero-order chi connectivity index (χ0) is 13.3. The molecule has 0 fully saturated rings. The Balaban J connectivity index is 2.45. The molecule has 1 nitrogen and oxygen atoms in total. The van der Waals surface area contributed by atoms with Crippen LogP contribution in [-0.4, -0.2) is 7.11 Å². The lowest BCUT2D eigenvalue weighted by molar-refractivity contribution is 0.410. The summed E-state index contributed by atoms with van der Waals surface area (Å²) in [5, 5.41) is -0.385. The van der Waals surface area contributed by atoms with Crippen LogP contribution in [0.1, 0.15) is 16.5 Å². The Hall–Kier alpha value is 0.0700. The maximum absolute atomic E-state index is 6.45. The zero-order valence-corrected chi connectivity index (χ0v) is 13.9. The monoisotopic (exact) mass is 384 g/mol. The molecular formula is C12H8BrCl3OS. The third-order valence-corrected chi connectivity index (χ3v) is 4.91. The highest BCUT2D eigenvalue weighted by Crippen LogP contribution is 2.43. The predicted molar refractivity (Wildman–Crippen MR) is 82.7 cm³/mol. The molecule has 1 atom stereocenters. The Kier molecular flexibility index (Phi) is 4.84. The summed E-state index contributed by atoms with van der Waals surface area (Å²) in [5.41, 5.74) is 1.66. The van der Waals surface area contributed by atoms with Gasteiger partial charge in [-0.15, -0.1) is 22.9 Å². The van der Waals surface area contributed by atoms with Crippen LogP contribution >= 0.6 is 62.1 Å². The van der Waals surface area contributed by atoms with Gasteiger partial charge in [-0.2, -0.15) is 0 Å². The number of methoxy groups -OCH3 is 1. The van der Waals surface area contributed by atoms with Crippen LogP contribution in [0.4, 0.5) is 0 Å². The van der Waals surface area contributed by atoms with Gasteiger partial charge in [0.1, 0.15) is 5.75 Å². The van der Waals surface area contributed by atoms with Crippen molar-refractivity contribution in [2.75, 3.05) is 7.11 Å². The van der Waals surface area contributed by atoms with Crippen molar-refractivity contribution in [3.05, 3.63) is 48.5 Å². The molecule has 1 aromatic heterocycles. The van der Waals surface area contributed by atoms with Gasteiger partial charge in [0.2, 0.25) is 0 Å². The first-order valence-corrected chi connectivity index (χ1v) is 7.75. The Morgan fingerprint density at radius 2 is 1.94 bits per heavy atom. The molecule has 1 heterocycles. The van der Waals surface area contributed by atoms with E-state index >= 15 is 0 Å². The summed E-state index contributed by atoms with van der Waals surface area (Å²) in [7, 11) is 1.61. The van der Waals surface area contributed by atoms with Gasteiger partial charge in [-0.25, -0.2) is 0 Å². The number of rotatable bonds is 3. The van der Waals surface area contributed by atoms with Gasteiger partial charge in [0, 0.05) is 15.6 Å². The van der Waals surface area contributed by atoms with E-state index < -0.39 is 0 Å². The Morgan fingerprint density at radius 3 is 2.50 bits per heavy atom. The van der Waals surface area contributed by atoms with Gasteiger partial charge in [0.15, 0.2) is 0 Å². The van der Waals surface area contributed by atoms with E-state index in [-0.39, 0.29) is 5.38 Å². The highest BCUT2D eigenvalue weighted by Gasteiger charge is 2.20. The number of benzene rings is 1. The largest absolute Gasteiger partial charge is 0.496 e. The fraction of sp³-hybridized carbons (Fsp3) is 0.167. The topological polar surface area (TPSA) is 9.23 Å². The second-order valence-electron chi connectivity index (χ2n) is 3.53. The van der Waals surface area contributed by atoms with E-state index in [0.717, 1.165) is 15.6 Å². The Bertz CT molecular complexity index is 570. The number of thiophene rings is 1. The molecule has 96 valence electrons. The fourth-order valence-electron chi connectivity index (χ4n) is 1.59. The van der Waals surface area contributed by atoms with Crippen molar-refractivity contribution < 1.29 is 4.74 Å². The van der Waals surface area contributed by atoms with Crippen molar-refractivity contribution in [1.82, 2.24) is 0 Å². The van der Waals surface area contributed by atoms with Gasteiger partial charge in [-0.3, -0.25) is 0 Å². The third kappa shape index (κ3) is 2.97. The number of ether oxygens (including phenoxy) is 1. The molecule has 1 unspecified atom stereocenters. The average Bonchev–Trinajstić information content (AvgIpc) is 2.67. The van der Waals surface area contributed by atoms with Crippen LogP contribution in [0.2, 0.25) is 8.67 Å². The maximum Gasteiger partial charge on any atom is 0.125 e. The standard InChI is InChI=1S/C12H8BrCl3OS/c1-17-9-4-6(13)2-3-7(9)11(15)8-5-10(14)18-12(8)16/h2-5,11H,1H3. The summed E-state index contributed by atoms with van der Waals surface area (Å²) in [6.45, 7) is 0. The van der Waals surface area contributed by atoms with E-state index in [4.69, 9.17) is 39.5 Å². The molecule has 1 aromatic carbocycles. The Labute approximate surface area is 133 Å². The van der Waals surface area contributed by atoms with E-state index in [2.05, 4.69) is 15.9 Å². The van der Waals surface area contributed by atoms with Crippen LogP contribution in [0.3, 0.4) is 0 Å². The second kappa shape index (κ2) is 6.02. The normalized spacial score (nSPS) is 12.5. The molecule has 18 heavy (non-hydrogen) atoms. The summed E-state index contributed by atoms with van der Waals surface area (Å²) in [4.78, 5) is 0. The third-order valence-electron chi connectivity index (χ3n) is 2.42. The smallest absolute Gasteiger partial charge is 0.125 e. The van der Waals surface area contributed by atoms with Gasteiger partial charge in [-0.1, -0.05) is 45.2 Å². The SMILES string of the molecule is COc1cc(Br)ccc1C(Cl)c1cc(Cl)sc1Cl. The van der Waals surface area contributed by atoms with Crippen molar-refractivity contribution in [3.8, 4) is 5.75 Å². The minimum Gasteiger partial charge on any atom is -0.496 e. The quantitative estimate of drug-likeness (QED) is 0.575. The molecular weight excluding hydrogens is 378 g/mol. The van der Waals surface area contributed by atoms with Crippen molar-refractivity contribution in [3.63, 3.8) is 0 Å². The van der Waals surface area contributed by atoms with Crippen LogP contribution in [0.15, 0.2) is 28.7 Å². The minimum absolute atomic E-state index is 0.385. The zero-order valence-electron chi connectivity index (χ0n) is 9.22. The number of hydrogen-bond donors (Lipinski definition) is 0. The molecule has 0 saturated heterocycles. The van der Waals surface area contributed by atoms with E-state index in [0.29, 0.717) is 14.4 Å². The molecule has 0 aliphatic rings. The van der Waals surface area contributed by atoms with E-state index in [1.54, 1.807) is 13.2 Å². The number of alkyl halides is 1. The second-order valence-corrected chi connectivity index (χ2v) is 7.17. The lowest BCUT2D eigenvalue weighted by Gasteiger charge is -2.14. The summed E-state index contributed by atoms with van der Waals surface area (Å²) in [6, 6.07) is 7.47. The molecule has 0 aliphatic carbocycles. The lowest BCUT2D eigenvalue weighted by Crippen LogP contribution is -1.96. The summed E-state index contributed by atoms with van der Waals surface area (Å²) in [5.74, 6) is 0.711. The predicted octanol–water partition coefficient (Wildman–Crippen LogP) is 6.15. The first-order chi connectivity index (χ1) is 8.52. The van der Waals surface area contributed by atoms with Gasteiger partial charge in [0.05, 0.1) is 21.2 Å². The van der Waals surface area contributed by atoms with E-state index in [1.165, 1.54) is 11.3 Å². The van der Waals surface area contributed by atoms with Crippen LogP contribution in [0, 0.1) is 0 Å². The molecule has 0 amide bonds. The molecule has 0 bridgehead atoms. The highest BCUT2D eigenvalue weighted by molar-refractivity contribution is 9.10. The summed E-state index contributed by atoms with van der Waals surface area (Å²) < 4.78 is 7.48. The van der Waals surface area contributed by atoms with E-state index in [9.17, 15) is 0 Å². The molecule has 0 spiro atoms. The molecule has 6 heteroatoms. The van der Waals surface area contributed by atoms with Gasteiger partial charge < -0.3 is 4.74 Å². The van der Waals surface area contributed by atoms with Gasteiger partial charge in [0.25, 0.3) is 0 Å². The van der Waals surface area contributed by atoms with Crippen LogP contribution in [0.5, 0.6) is 5.75 Å². The van der Waals surface area contributed by atoms with Gasteiger partial charge in [-0.05, 0) is 18.2 Å². The van der Waals surface area contributed by atoms with E-state index in [1.807, 2.05) is 18.2 Å². The van der Waals surface area contributed by atoms with Crippen molar-refractivity contribution in [2.45, 2.75) is 5.38 Å². The first kappa shape index (κ1) is 14.5. The van der Waals surface area contributed by atoms with Crippen molar-refractivity contribution >= 4 is 62.1 Å². The van der Waals surface area contributed by atoms with Gasteiger partial charge >= 0.3 is 0 Å². The Morgan fingerprint density at radius 1 is 1.22 bits per heavy atom. The molecule has 0 saturated carbocycles. The minimum atomic E-state index is -0.385. The highest BCUT2D eigenvalue weighted by atomic mass is 79.9. The van der Waals surface area contributed by atoms with Crippen molar-refractivity contribution in [1.29, 1.82) is 0 Å². The fourth-order valence-corrected chi connectivity index (χ4v) is 3.93.